The molecular weight excluding hydrogens is 329 g/mol. The lowest BCUT2D eigenvalue weighted by atomic mass is 10.1. The first-order valence-corrected chi connectivity index (χ1v) is 8.10. The van der Waals surface area contributed by atoms with Gasteiger partial charge in [-0.15, -0.1) is 0 Å². The summed E-state index contributed by atoms with van der Waals surface area (Å²) in [5.74, 6) is 0.977. The van der Waals surface area contributed by atoms with Gasteiger partial charge in [0.15, 0.2) is 5.76 Å². The fourth-order valence-corrected chi connectivity index (χ4v) is 2.67. The first kappa shape index (κ1) is 16.7. The molecule has 5 heteroatoms. The first-order chi connectivity index (χ1) is 11.6. The lowest BCUT2D eigenvalue weighted by Crippen LogP contribution is -2.83. The molecule has 24 heavy (non-hydrogen) atoms. The standard InChI is InChI=1S/C19H17ClFNO2/c20-16-10-14(6-8-17(16)21)19-9-7-15(24-19)11-22-12-18(23)13-4-2-1-3-5-13/h1-10,18,22-23H,11-12H2/p+1/t18-/m1/s1. The Morgan fingerprint density at radius 3 is 2.62 bits per heavy atom. The Hall–Kier alpha value is -2.14. The quantitative estimate of drug-likeness (QED) is 0.717. The summed E-state index contributed by atoms with van der Waals surface area (Å²) in [5.41, 5.74) is 1.63. The fraction of sp³-hybridized carbons (Fsp3) is 0.158. The second-order valence-electron chi connectivity index (χ2n) is 5.55. The van der Waals surface area contributed by atoms with E-state index in [1.807, 2.05) is 47.8 Å². The van der Waals surface area contributed by atoms with Crippen LogP contribution in [0, 0.1) is 5.82 Å². The van der Waals surface area contributed by atoms with E-state index in [9.17, 15) is 9.50 Å². The summed E-state index contributed by atoms with van der Waals surface area (Å²) >= 11 is 5.80. The third-order valence-corrected chi connectivity index (χ3v) is 4.08. The molecule has 0 aliphatic rings. The van der Waals surface area contributed by atoms with Gasteiger partial charge in [0.1, 0.15) is 30.8 Å². The zero-order valence-corrected chi connectivity index (χ0v) is 13.7. The Balaban J connectivity index is 1.57. The van der Waals surface area contributed by atoms with Gasteiger partial charge in [-0.05, 0) is 35.9 Å². The summed E-state index contributed by atoms with van der Waals surface area (Å²) in [5, 5.41) is 12.2. The van der Waals surface area contributed by atoms with Crippen molar-refractivity contribution in [3.05, 3.63) is 82.8 Å². The van der Waals surface area contributed by atoms with Gasteiger partial charge >= 0.3 is 0 Å². The zero-order valence-electron chi connectivity index (χ0n) is 13.0. The van der Waals surface area contributed by atoms with Gasteiger partial charge in [-0.2, -0.15) is 0 Å². The van der Waals surface area contributed by atoms with Crippen LogP contribution in [0.15, 0.2) is 65.1 Å². The van der Waals surface area contributed by atoms with Gasteiger partial charge in [0, 0.05) is 5.56 Å². The third-order valence-electron chi connectivity index (χ3n) is 3.79. The van der Waals surface area contributed by atoms with Gasteiger partial charge in [0.05, 0.1) is 5.02 Å². The molecule has 1 atom stereocenters. The molecule has 3 N–H and O–H groups in total. The molecule has 1 heterocycles. The Morgan fingerprint density at radius 2 is 1.88 bits per heavy atom. The van der Waals surface area contributed by atoms with Crippen molar-refractivity contribution >= 4 is 11.6 Å². The van der Waals surface area contributed by atoms with Crippen molar-refractivity contribution in [2.24, 2.45) is 0 Å². The maximum atomic E-state index is 13.2. The van der Waals surface area contributed by atoms with Crippen LogP contribution < -0.4 is 5.32 Å². The summed E-state index contributed by atoms with van der Waals surface area (Å²) < 4.78 is 19.0. The van der Waals surface area contributed by atoms with Crippen LogP contribution >= 0.6 is 11.6 Å². The largest absolute Gasteiger partial charge is 0.455 e. The molecule has 3 rings (SSSR count). The number of hydrogen-bond acceptors (Lipinski definition) is 2. The maximum absolute atomic E-state index is 13.2. The molecular formula is C19H18ClFNO2+. The van der Waals surface area contributed by atoms with Crippen molar-refractivity contribution in [2.75, 3.05) is 6.54 Å². The second-order valence-corrected chi connectivity index (χ2v) is 5.96. The summed E-state index contributed by atoms with van der Waals surface area (Å²) in [7, 11) is 0. The smallest absolute Gasteiger partial charge is 0.158 e. The van der Waals surface area contributed by atoms with Gasteiger partial charge in [0.25, 0.3) is 0 Å². The van der Waals surface area contributed by atoms with E-state index in [4.69, 9.17) is 16.0 Å². The third kappa shape index (κ3) is 4.03. The number of nitrogens with two attached hydrogens (primary N) is 1. The summed E-state index contributed by atoms with van der Waals surface area (Å²) in [6.07, 6.45) is -0.517. The highest BCUT2D eigenvalue weighted by Crippen LogP contribution is 2.26. The average Bonchev–Trinajstić information content (AvgIpc) is 3.07. The molecule has 0 bridgehead atoms. The predicted molar refractivity (Wildman–Crippen MR) is 91.0 cm³/mol. The Morgan fingerprint density at radius 1 is 1.08 bits per heavy atom. The zero-order chi connectivity index (χ0) is 16.9. The van der Waals surface area contributed by atoms with E-state index < -0.39 is 11.9 Å². The van der Waals surface area contributed by atoms with E-state index in [0.717, 1.165) is 16.9 Å². The average molecular weight is 347 g/mol. The molecule has 0 amide bonds. The summed E-state index contributed by atoms with van der Waals surface area (Å²) in [6.45, 7) is 1.15. The number of hydrogen-bond donors (Lipinski definition) is 2. The number of furan rings is 1. The predicted octanol–water partition coefficient (Wildman–Crippen LogP) is 3.54. The molecule has 0 fully saturated rings. The van der Waals surface area contributed by atoms with Crippen molar-refractivity contribution in [1.29, 1.82) is 0 Å². The lowest BCUT2D eigenvalue weighted by Gasteiger charge is -2.08. The highest BCUT2D eigenvalue weighted by Gasteiger charge is 2.11. The van der Waals surface area contributed by atoms with Gasteiger partial charge in [-0.3, -0.25) is 0 Å². The minimum atomic E-state index is -0.517. The molecule has 0 aliphatic carbocycles. The normalized spacial score (nSPS) is 12.3. The summed E-state index contributed by atoms with van der Waals surface area (Å²) in [4.78, 5) is 0. The van der Waals surface area contributed by atoms with Gasteiger partial charge in [-0.1, -0.05) is 41.9 Å². The fourth-order valence-electron chi connectivity index (χ4n) is 2.49. The topological polar surface area (TPSA) is 50.0 Å². The van der Waals surface area contributed by atoms with Crippen LogP contribution in [0.5, 0.6) is 0 Å². The monoisotopic (exact) mass is 346 g/mol. The van der Waals surface area contributed by atoms with Crippen molar-refractivity contribution in [3.8, 4) is 11.3 Å². The minimum absolute atomic E-state index is 0.0722. The van der Waals surface area contributed by atoms with Crippen molar-refractivity contribution < 1.29 is 19.2 Å². The van der Waals surface area contributed by atoms with Gasteiger partial charge < -0.3 is 14.8 Å². The molecule has 1 aromatic heterocycles. The molecule has 0 spiro atoms. The highest BCUT2D eigenvalue weighted by molar-refractivity contribution is 6.31. The van der Waals surface area contributed by atoms with Crippen LogP contribution in [-0.4, -0.2) is 11.7 Å². The molecule has 0 saturated carbocycles. The van der Waals surface area contributed by atoms with E-state index >= 15 is 0 Å². The lowest BCUT2D eigenvalue weighted by molar-refractivity contribution is -0.679. The van der Waals surface area contributed by atoms with Crippen LogP contribution in [-0.2, 0) is 6.54 Å². The molecule has 3 aromatic rings. The Bertz CT molecular complexity index is 804. The molecule has 3 nitrogen and oxygen atoms in total. The SMILES string of the molecule is O[C@H](C[NH2+]Cc1ccc(-c2ccc(F)c(Cl)c2)o1)c1ccccc1. The van der Waals surface area contributed by atoms with E-state index in [2.05, 4.69) is 0 Å². The van der Waals surface area contributed by atoms with E-state index in [-0.39, 0.29) is 5.02 Å². The number of aliphatic hydroxyl groups is 1. The highest BCUT2D eigenvalue weighted by atomic mass is 35.5. The van der Waals surface area contributed by atoms with E-state index in [0.29, 0.717) is 18.8 Å². The van der Waals surface area contributed by atoms with Crippen LogP contribution in [0.25, 0.3) is 11.3 Å². The van der Waals surface area contributed by atoms with E-state index in [1.165, 1.54) is 6.07 Å². The number of rotatable bonds is 6. The van der Waals surface area contributed by atoms with Crippen LogP contribution in [0.1, 0.15) is 17.4 Å². The van der Waals surface area contributed by atoms with Crippen molar-refractivity contribution in [2.45, 2.75) is 12.6 Å². The van der Waals surface area contributed by atoms with Gasteiger partial charge in [-0.25, -0.2) is 4.39 Å². The molecule has 0 unspecified atom stereocenters. The Kier molecular flexibility index (Phi) is 5.30. The van der Waals surface area contributed by atoms with E-state index in [1.54, 1.807) is 12.1 Å². The number of quaternary nitrogens is 1. The first-order valence-electron chi connectivity index (χ1n) is 7.72. The number of halogens is 2. The van der Waals surface area contributed by atoms with Crippen LogP contribution in [0.4, 0.5) is 4.39 Å². The number of benzene rings is 2. The molecule has 0 aliphatic heterocycles. The maximum Gasteiger partial charge on any atom is 0.158 e. The summed E-state index contributed by atoms with van der Waals surface area (Å²) in [6, 6.07) is 17.8. The van der Waals surface area contributed by atoms with Crippen molar-refractivity contribution in [3.63, 3.8) is 0 Å². The second kappa shape index (κ2) is 7.62. The van der Waals surface area contributed by atoms with Crippen LogP contribution in [0.3, 0.4) is 0 Å². The molecule has 2 aromatic carbocycles. The van der Waals surface area contributed by atoms with Crippen LogP contribution in [0.2, 0.25) is 5.02 Å². The molecule has 124 valence electrons. The minimum Gasteiger partial charge on any atom is -0.455 e. The Labute approximate surface area is 144 Å². The molecule has 0 saturated heterocycles. The number of aliphatic hydroxyl groups excluding tert-OH is 1. The van der Waals surface area contributed by atoms with Crippen molar-refractivity contribution in [1.82, 2.24) is 0 Å². The van der Waals surface area contributed by atoms with Gasteiger partial charge in [0.2, 0.25) is 0 Å². The molecule has 0 radical (unpaired) electrons.